The van der Waals surface area contributed by atoms with Crippen LogP contribution >= 0.6 is 0 Å². The largest absolute Gasteiger partial charge is 0.392 e. The number of benzene rings is 2. The van der Waals surface area contributed by atoms with Crippen LogP contribution in [0.2, 0.25) is 0 Å². The Bertz CT molecular complexity index is 1190. The Kier molecular flexibility index (Phi) is 3.85. The fraction of sp³-hybridized carbons (Fsp3) is 0.227. The van der Waals surface area contributed by atoms with Crippen molar-refractivity contribution in [2.45, 2.75) is 19.1 Å². The molecule has 2 aromatic carbocycles. The molecule has 2 aromatic heterocycles. The maximum Gasteiger partial charge on any atom is 0.257 e. The zero-order valence-electron chi connectivity index (χ0n) is 14.9. The van der Waals surface area contributed by atoms with Crippen molar-refractivity contribution < 1.29 is 5.11 Å². The Morgan fingerprint density at radius 2 is 1.85 bits per heavy atom. The highest BCUT2D eigenvalue weighted by molar-refractivity contribution is 5.89. The van der Waals surface area contributed by atoms with Gasteiger partial charge in [0, 0.05) is 36.1 Å². The van der Waals surface area contributed by atoms with E-state index in [4.69, 9.17) is 0 Å². The van der Waals surface area contributed by atoms with Crippen molar-refractivity contribution in [2.24, 2.45) is 0 Å². The van der Waals surface area contributed by atoms with Gasteiger partial charge in [-0.25, -0.2) is 0 Å². The van der Waals surface area contributed by atoms with Crippen LogP contribution in [0.5, 0.6) is 0 Å². The number of β-amino-alcohol motifs (C(OH)–C–C–N with tert-alkyl or cyclic N) is 1. The van der Waals surface area contributed by atoms with Crippen molar-refractivity contribution in [3.63, 3.8) is 0 Å². The van der Waals surface area contributed by atoms with Crippen LogP contribution in [0.1, 0.15) is 12.0 Å². The first-order chi connectivity index (χ1) is 13.2. The van der Waals surface area contributed by atoms with Gasteiger partial charge in [0.05, 0.1) is 17.4 Å². The van der Waals surface area contributed by atoms with Crippen LogP contribution in [0, 0.1) is 0 Å². The summed E-state index contributed by atoms with van der Waals surface area (Å²) in [6.07, 6.45) is 0.647. The zero-order chi connectivity index (χ0) is 18.4. The average Bonchev–Trinajstić information content (AvgIpc) is 3.26. The second-order valence-corrected chi connectivity index (χ2v) is 7.38. The van der Waals surface area contributed by atoms with Gasteiger partial charge in [-0.1, -0.05) is 24.3 Å². The SMILES string of the molecule is O=c1[nH]c2ccccc2cc1-c1cc2cc(CN3CC[C@@H](O)C3)ccc2[nH]1. The number of nitrogens with one attached hydrogen (secondary N) is 2. The average molecular weight is 359 g/mol. The van der Waals surface area contributed by atoms with Gasteiger partial charge in [-0.2, -0.15) is 0 Å². The van der Waals surface area contributed by atoms with E-state index in [1.807, 2.05) is 36.4 Å². The monoisotopic (exact) mass is 359 g/mol. The van der Waals surface area contributed by atoms with E-state index >= 15 is 0 Å². The van der Waals surface area contributed by atoms with Gasteiger partial charge >= 0.3 is 0 Å². The summed E-state index contributed by atoms with van der Waals surface area (Å²) in [6.45, 7) is 2.51. The summed E-state index contributed by atoms with van der Waals surface area (Å²) in [5.41, 5.74) is 4.46. The van der Waals surface area contributed by atoms with Gasteiger partial charge in [-0.05, 0) is 47.7 Å². The number of aromatic amines is 2. The van der Waals surface area contributed by atoms with E-state index in [-0.39, 0.29) is 11.7 Å². The number of H-pyrrole nitrogens is 2. The van der Waals surface area contributed by atoms with Gasteiger partial charge in [0.15, 0.2) is 0 Å². The third-order valence-electron chi connectivity index (χ3n) is 5.38. The lowest BCUT2D eigenvalue weighted by Gasteiger charge is -2.14. The number of hydrogen-bond acceptors (Lipinski definition) is 3. The number of fused-ring (bicyclic) bond motifs is 2. The molecule has 0 aliphatic carbocycles. The molecule has 1 saturated heterocycles. The molecule has 5 rings (SSSR count). The minimum absolute atomic E-state index is 0.0912. The smallest absolute Gasteiger partial charge is 0.257 e. The van der Waals surface area contributed by atoms with Crippen LogP contribution in [0.25, 0.3) is 33.1 Å². The third kappa shape index (κ3) is 3.05. The number of hydrogen-bond donors (Lipinski definition) is 3. The van der Waals surface area contributed by atoms with Gasteiger partial charge in [-0.3, -0.25) is 9.69 Å². The number of aliphatic hydroxyl groups is 1. The van der Waals surface area contributed by atoms with Crippen LogP contribution < -0.4 is 5.56 Å². The second-order valence-electron chi connectivity index (χ2n) is 7.38. The molecule has 1 atom stereocenters. The first-order valence-electron chi connectivity index (χ1n) is 9.30. The summed E-state index contributed by atoms with van der Waals surface area (Å²) in [7, 11) is 0. The van der Waals surface area contributed by atoms with Crippen LogP contribution in [-0.4, -0.2) is 39.2 Å². The molecule has 0 bridgehead atoms. The Morgan fingerprint density at radius 3 is 2.70 bits per heavy atom. The van der Waals surface area contributed by atoms with E-state index in [1.54, 1.807) is 0 Å². The number of pyridine rings is 1. The minimum atomic E-state index is -0.202. The number of aliphatic hydroxyl groups excluding tert-OH is 1. The Labute approximate surface area is 156 Å². The fourth-order valence-electron chi connectivity index (χ4n) is 3.99. The molecule has 0 radical (unpaired) electrons. The quantitative estimate of drug-likeness (QED) is 0.526. The molecule has 1 aliphatic heterocycles. The number of para-hydroxylation sites is 1. The van der Waals surface area contributed by atoms with E-state index < -0.39 is 0 Å². The number of rotatable bonds is 3. The van der Waals surface area contributed by atoms with Gasteiger partial charge in [0.25, 0.3) is 5.56 Å². The normalized spacial score (nSPS) is 17.9. The van der Waals surface area contributed by atoms with Crippen LogP contribution in [0.3, 0.4) is 0 Å². The molecule has 0 saturated carbocycles. The summed E-state index contributed by atoms with van der Waals surface area (Å²) in [5, 5.41) is 11.8. The van der Waals surface area contributed by atoms with Crippen LogP contribution in [-0.2, 0) is 6.54 Å². The van der Waals surface area contributed by atoms with Gasteiger partial charge in [0.2, 0.25) is 0 Å². The molecule has 1 aliphatic rings. The molecular weight excluding hydrogens is 338 g/mol. The number of aromatic nitrogens is 2. The molecule has 0 amide bonds. The molecule has 5 heteroatoms. The van der Waals surface area contributed by atoms with E-state index in [9.17, 15) is 9.90 Å². The zero-order valence-corrected chi connectivity index (χ0v) is 14.9. The lowest BCUT2D eigenvalue weighted by Crippen LogP contribution is -2.21. The molecule has 3 heterocycles. The van der Waals surface area contributed by atoms with Crippen molar-refractivity contribution in [3.8, 4) is 11.3 Å². The highest BCUT2D eigenvalue weighted by Crippen LogP contribution is 2.25. The summed E-state index contributed by atoms with van der Waals surface area (Å²) >= 11 is 0. The molecule has 4 aromatic rings. The molecule has 5 nitrogen and oxygen atoms in total. The maximum atomic E-state index is 12.5. The van der Waals surface area contributed by atoms with Gasteiger partial charge < -0.3 is 15.1 Å². The maximum absolute atomic E-state index is 12.5. The van der Waals surface area contributed by atoms with Crippen molar-refractivity contribution in [1.29, 1.82) is 0 Å². The predicted molar refractivity (Wildman–Crippen MR) is 108 cm³/mol. The van der Waals surface area contributed by atoms with Crippen LogP contribution in [0.4, 0.5) is 0 Å². The molecule has 0 unspecified atom stereocenters. The summed E-state index contributed by atoms with van der Waals surface area (Å²) < 4.78 is 0. The highest BCUT2D eigenvalue weighted by Gasteiger charge is 2.20. The molecule has 1 fully saturated rings. The first kappa shape index (κ1) is 16.3. The fourth-order valence-corrected chi connectivity index (χ4v) is 3.99. The first-order valence-corrected chi connectivity index (χ1v) is 9.30. The van der Waals surface area contributed by atoms with Crippen LogP contribution in [0.15, 0.2) is 59.4 Å². The molecular formula is C22H21N3O2. The summed E-state index contributed by atoms with van der Waals surface area (Å²) in [6, 6.07) is 18.1. The number of nitrogens with zero attached hydrogens (tertiary/aromatic N) is 1. The summed E-state index contributed by atoms with van der Waals surface area (Å²) in [4.78, 5) is 21.1. The molecule has 27 heavy (non-hydrogen) atoms. The molecule has 136 valence electrons. The Hall–Kier alpha value is -2.89. The standard InChI is InChI=1S/C22H21N3O2/c26-17-7-8-25(13-17)12-14-5-6-20-16(9-14)11-21(23-20)18-10-15-3-1-2-4-19(15)24-22(18)27/h1-6,9-11,17,23,26H,7-8,12-13H2,(H,24,27)/t17-/m1/s1. The predicted octanol–water partition coefficient (Wildman–Crippen LogP) is 3.24. The van der Waals surface area contributed by atoms with Crippen molar-refractivity contribution in [2.75, 3.05) is 13.1 Å². The highest BCUT2D eigenvalue weighted by atomic mass is 16.3. The summed E-state index contributed by atoms with van der Waals surface area (Å²) in [5.74, 6) is 0. The molecule has 0 spiro atoms. The van der Waals surface area contributed by atoms with Crippen molar-refractivity contribution in [3.05, 3.63) is 70.5 Å². The number of likely N-dealkylation sites (tertiary alicyclic amines) is 1. The van der Waals surface area contributed by atoms with Crippen molar-refractivity contribution >= 4 is 21.8 Å². The van der Waals surface area contributed by atoms with E-state index in [1.165, 1.54) is 5.56 Å². The molecule has 3 N–H and O–H groups in total. The third-order valence-corrected chi connectivity index (χ3v) is 5.38. The Morgan fingerprint density at radius 1 is 1.00 bits per heavy atom. The van der Waals surface area contributed by atoms with E-state index in [0.717, 1.165) is 53.6 Å². The minimum Gasteiger partial charge on any atom is -0.392 e. The topological polar surface area (TPSA) is 72.1 Å². The second kappa shape index (κ2) is 6.37. The van der Waals surface area contributed by atoms with E-state index in [0.29, 0.717) is 5.56 Å². The lowest BCUT2D eigenvalue weighted by atomic mass is 10.1. The lowest BCUT2D eigenvalue weighted by molar-refractivity contribution is 0.175. The van der Waals surface area contributed by atoms with Gasteiger partial charge in [-0.15, -0.1) is 0 Å². The van der Waals surface area contributed by atoms with E-state index in [2.05, 4.69) is 33.1 Å². The van der Waals surface area contributed by atoms with Gasteiger partial charge in [0.1, 0.15) is 0 Å². The Balaban J connectivity index is 1.51. The van der Waals surface area contributed by atoms with Crippen molar-refractivity contribution in [1.82, 2.24) is 14.9 Å².